The first-order valence-corrected chi connectivity index (χ1v) is 10.8. The Morgan fingerprint density at radius 3 is 2.63 bits per heavy atom. The van der Waals surface area contributed by atoms with Gasteiger partial charge in [0.2, 0.25) is 0 Å². The highest BCUT2D eigenvalue weighted by atomic mass is 32.2. The fraction of sp³-hybridized carbons (Fsp3) is 0.0526. The highest BCUT2D eigenvalue weighted by Crippen LogP contribution is 2.32. The van der Waals surface area contributed by atoms with Crippen LogP contribution in [0.25, 0.3) is 6.08 Å². The van der Waals surface area contributed by atoms with Crippen molar-refractivity contribution in [3.05, 3.63) is 59.7 Å². The molecular weight excluding hydrogens is 428 g/mol. The lowest BCUT2D eigenvalue weighted by atomic mass is 10.1. The number of methoxy groups -OCH3 is 1. The summed E-state index contributed by atoms with van der Waals surface area (Å²) in [6, 6.07) is 12.2. The van der Waals surface area contributed by atoms with Crippen molar-refractivity contribution >= 4 is 50.4 Å². The number of amides is 1. The number of carbonyl (C=O) groups is 1. The van der Waals surface area contributed by atoms with Gasteiger partial charge in [-0.25, -0.2) is 0 Å². The molecule has 152 valence electrons. The molecule has 0 spiro atoms. The quantitative estimate of drug-likeness (QED) is 0.558. The topological polar surface area (TPSA) is 121 Å². The third-order valence-corrected chi connectivity index (χ3v) is 6.05. The number of hydrogen-bond donors (Lipinski definition) is 1. The Bertz CT molecular complexity index is 1240. The second-order valence-corrected chi connectivity index (χ2v) is 8.38. The van der Waals surface area contributed by atoms with Crippen molar-refractivity contribution in [2.45, 2.75) is 4.90 Å². The van der Waals surface area contributed by atoms with E-state index in [1.54, 1.807) is 24.3 Å². The Hall–Kier alpha value is -3.44. The predicted molar refractivity (Wildman–Crippen MR) is 113 cm³/mol. The number of rotatable bonds is 5. The molecular formula is C19H14N4O5S2. The first kappa shape index (κ1) is 19.9. The van der Waals surface area contributed by atoms with Crippen molar-refractivity contribution in [3.8, 4) is 11.5 Å². The Morgan fingerprint density at radius 1 is 1.13 bits per heavy atom. The maximum Gasteiger partial charge on any atom is 0.339 e. The first-order valence-electron chi connectivity index (χ1n) is 8.49. The summed E-state index contributed by atoms with van der Waals surface area (Å²) in [6.07, 6.45) is 1.46. The minimum atomic E-state index is -4.04. The lowest BCUT2D eigenvalue weighted by molar-refractivity contribution is -0.114. The lowest BCUT2D eigenvalue weighted by Crippen LogP contribution is -2.35. The van der Waals surface area contributed by atoms with Crippen molar-refractivity contribution in [2.75, 3.05) is 7.11 Å². The standard InChI is InChI=1S/C19H14N4O5S2/c1-27-16-10-12(9-14-17(20)23-19(22-18(14)24)29-11-21-23)7-8-15(16)28-30(25,26)13-5-3-2-4-6-13/h2-11,20H,1H3/b14-9-,20-17?. The summed E-state index contributed by atoms with van der Waals surface area (Å²) in [7, 11) is -2.67. The van der Waals surface area contributed by atoms with Gasteiger partial charge >= 0.3 is 10.1 Å². The van der Waals surface area contributed by atoms with Gasteiger partial charge in [-0.2, -0.15) is 23.5 Å². The van der Waals surface area contributed by atoms with Crippen LogP contribution in [-0.2, 0) is 14.9 Å². The average molecular weight is 442 g/mol. The number of nitrogens with zero attached hydrogens (tertiary/aromatic N) is 3. The van der Waals surface area contributed by atoms with Crippen molar-refractivity contribution < 1.29 is 22.1 Å². The van der Waals surface area contributed by atoms with Crippen LogP contribution in [0.15, 0.2) is 69.1 Å². The number of fused-ring (bicyclic) bond motifs is 1. The van der Waals surface area contributed by atoms with Gasteiger partial charge in [-0.3, -0.25) is 10.2 Å². The zero-order valence-corrected chi connectivity index (χ0v) is 17.1. The third kappa shape index (κ3) is 3.72. The number of carbonyl (C=O) groups excluding carboxylic acids is 1. The summed E-state index contributed by atoms with van der Waals surface area (Å²) in [6.45, 7) is 0. The molecule has 4 rings (SSSR count). The number of nitrogens with one attached hydrogen (secondary N) is 1. The number of hydrogen-bond acceptors (Lipinski definition) is 8. The second kappa shape index (κ2) is 7.76. The highest BCUT2D eigenvalue weighted by Gasteiger charge is 2.32. The molecule has 2 aromatic carbocycles. The molecule has 2 aliphatic rings. The van der Waals surface area contributed by atoms with Crippen molar-refractivity contribution in [1.29, 1.82) is 5.41 Å². The summed E-state index contributed by atoms with van der Waals surface area (Å²) >= 11 is 1.16. The van der Waals surface area contributed by atoms with E-state index in [4.69, 9.17) is 14.3 Å². The lowest BCUT2D eigenvalue weighted by Gasteiger charge is -2.20. The molecule has 0 unspecified atom stereocenters. The van der Waals surface area contributed by atoms with Gasteiger partial charge in [-0.1, -0.05) is 24.3 Å². The molecule has 30 heavy (non-hydrogen) atoms. The summed E-state index contributed by atoms with van der Waals surface area (Å²) < 4.78 is 35.4. The Balaban J connectivity index is 1.65. The van der Waals surface area contributed by atoms with Gasteiger partial charge in [0.25, 0.3) is 5.91 Å². The van der Waals surface area contributed by atoms with Crippen LogP contribution in [0, 0.1) is 5.41 Å². The SMILES string of the molecule is COc1cc(/C=C2/C(=N)N3N=CSC3=NC2=O)ccc1OS(=O)(=O)c1ccccc1. The summed E-state index contributed by atoms with van der Waals surface area (Å²) in [5.74, 6) is -0.514. The fourth-order valence-electron chi connectivity index (χ4n) is 2.70. The normalized spacial score (nSPS) is 17.2. The molecule has 1 N–H and O–H groups in total. The molecule has 11 heteroatoms. The number of benzene rings is 2. The van der Waals surface area contributed by atoms with Gasteiger partial charge in [-0.05, 0) is 47.7 Å². The van der Waals surface area contributed by atoms with Crippen LogP contribution in [0.2, 0.25) is 0 Å². The van der Waals surface area contributed by atoms with Gasteiger partial charge in [0.05, 0.1) is 18.2 Å². The molecule has 0 atom stereocenters. The molecule has 9 nitrogen and oxygen atoms in total. The highest BCUT2D eigenvalue weighted by molar-refractivity contribution is 8.25. The van der Waals surface area contributed by atoms with Crippen molar-refractivity contribution in [2.24, 2.45) is 10.1 Å². The number of hydrazone groups is 1. The van der Waals surface area contributed by atoms with Crippen molar-refractivity contribution in [3.63, 3.8) is 0 Å². The molecule has 2 aliphatic heterocycles. The first-order chi connectivity index (χ1) is 14.4. The minimum Gasteiger partial charge on any atom is -0.493 e. The average Bonchev–Trinajstić information content (AvgIpc) is 3.21. The van der Waals surface area contributed by atoms with Crippen LogP contribution in [0.1, 0.15) is 5.56 Å². The van der Waals surface area contributed by atoms with Crippen LogP contribution in [0.3, 0.4) is 0 Å². The summed E-state index contributed by atoms with van der Waals surface area (Å²) in [5, 5.41) is 13.8. The largest absolute Gasteiger partial charge is 0.493 e. The number of thioether (sulfide) groups is 1. The summed E-state index contributed by atoms with van der Waals surface area (Å²) in [5.41, 5.74) is 2.04. The zero-order valence-electron chi connectivity index (χ0n) is 15.5. The van der Waals surface area contributed by atoms with Crippen LogP contribution in [-0.4, -0.2) is 43.0 Å². The van der Waals surface area contributed by atoms with Crippen LogP contribution < -0.4 is 8.92 Å². The minimum absolute atomic E-state index is 0.00518. The van der Waals surface area contributed by atoms with E-state index in [1.165, 1.54) is 48.0 Å². The maximum absolute atomic E-state index is 12.5. The molecule has 0 aliphatic carbocycles. The van der Waals surface area contributed by atoms with Crippen LogP contribution in [0.4, 0.5) is 0 Å². The predicted octanol–water partition coefficient (Wildman–Crippen LogP) is 2.71. The van der Waals surface area contributed by atoms with Gasteiger partial charge in [0, 0.05) is 0 Å². The smallest absolute Gasteiger partial charge is 0.339 e. The second-order valence-electron chi connectivity index (χ2n) is 6.02. The van der Waals surface area contributed by atoms with Crippen LogP contribution >= 0.6 is 11.8 Å². The molecule has 0 saturated carbocycles. The van der Waals surface area contributed by atoms with Gasteiger partial charge in [0.1, 0.15) is 4.90 Å². The van der Waals surface area contributed by atoms with E-state index in [0.717, 1.165) is 11.8 Å². The van der Waals surface area contributed by atoms with E-state index in [9.17, 15) is 13.2 Å². The van der Waals surface area contributed by atoms with E-state index in [1.807, 2.05) is 0 Å². The number of amidine groups is 2. The molecule has 0 aromatic heterocycles. The van der Waals surface area contributed by atoms with Gasteiger partial charge in [-0.15, -0.1) is 0 Å². The molecule has 0 saturated heterocycles. The van der Waals surface area contributed by atoms with Gasteiger partial charge < -0.3 is 8.92 Å². The Morgan fingerprint density at radius 2 is 1.90 bits per heavy atom. The van der Waals surface area contributed by atoms with E-state index in [2.05, 4.69) is 10.1 Å². The molecule has 2 heterocycles. The zero-order chi connectivity index (χ0) is 21.3. The van der Waals surface area contributed by atoms with Gasteiger partial charge in [0.15, 0.2) is 22.5 Å². The van der Waals surface area contributed by atoms with E-state index < -0.39 is 16.0 Å². The van der Waals surface area contributed by atoms with E-state index in [-0.39, 0.29) is 27.8 Å². The maximum atomic E-state index is 12.5. The molecule has 2 aromatic rings. The Kier molecular flexibility index (Phi) is 5.14. The van der Waals surface area contributed by atoms with E-state index >= 15 is 0 Å². The molecule has 0 bridgehead atoms. The van der Waals surface area contributed by atoms with Crippen molar-refractivity contribution in [1.82, 2.24) is 5.01 Å². The van der Waals surface area contributed by atoms with E-state index in [0.29, 0.717) is 10.7 Å². The number of ether oxygens (including phenoxy) is 1. The Labute approximate surface area is 176 Å². The molecule has 0 radical (unpaired) electrons. The fourth-order valence-corrected chi connectivity index (χ4v) is 4.27. The molecule has 0 fully saturated rings. The summed E-state index contributed by atoms with van der Waals surface area (Å²) in [4.78, 5) is 16.2. The third-order valence-electron chi connectivity index (χ3n) is 4.13. The van der Waals surface area contributed by atoms with Crippen LogP contribution in [0.5, 0.6) is 11.5 Å². The monoisotopic (exact) mass is 442 g/mol. The number of aliphatic imine (C=N–C) groups is 1. The molecule has 1 amide bonds.